The van der Waals surface area contributed by atoms with Crippen molar-refractivity contribution in [2.75, 3.05) is 0 Å². The first-order chi connectivity index (χ1) is 9.72. The average Bonchev–Trinajstić information content (AvgIpc) is 3.12. The standard InChI is InChI=1S/C13H14N4O3/c18-10(6-8-3-4-8)15-7-11-16-12(17-20-11)9-2-1-5-14-13(9)19/h1-2,5,8H,3-4,6-7H2,(H,14,19)(H,15,18). The molecule has 7 nitrogen and oxygen atoms in total. The van der Waals surface area contributed by atoms with E-state index in [4.69, 9.17) is 4.52 Å². The van der Waals surface area contributed by atoms with Crippen LogP contribution in [0.1, 0.15) is 25.2 Å². The fraction of sp³-hybridized carbons (Fsp3) is 0.385. The van der Waals surface area contributed by atoms with Crippen LogP contribution in [0.3, 0.4) is 0 Å². The van der Waals surface area contributed by atoms with Gasteiger partial charge in [-0.05, 0) is 30.9 Å². The number of carbonyl (C=O) groups is 1. The van der Waals surface area contributed by atoms with E-state index in [0.717, 1.165) is 12.8 Å². The number of aromatic amines is 1. The summed E-state index contributed by atoms with van der Waals surface area (Å²) in [6.07, 6.45) is 4.36. The quantitative estimate of drug-likeness (QED) is 0.841. The van der Waals surface area contributed by atoms with Gasteiger partial charge in [0, 0.05) is 12.6 Å². The van der Waals surface area contributed by atoms with Crippen LogP contribution >= 0.6 is 0 Å². The van der Waals surface area contributed by atoms with Crippen molar-refractivity contribution in [2.45, 2.75) is 25.8 Å². The minimum Gasteiger partial charge on any atom is -0.347 e. The van der Waals surface area contributed by atoms with E-state index < -0.39 is 0 Å². The fourth-order valence-electron chi connectivity index (χ4n) is 1.86. The molecule has 1 amide bonds. The highest BCUT2D eigenvalue weighted by Gasteiger charge is 2.24. The van der Waals surface area contributed by atoms with Gasteiger partial charge in [-0.25, -0.2) is 0 Å². The molecule has 0 atom stereocenters. The minimum atomic E-state index is -0.280. The summed E-state index contributed by atoms with van der Waals surface area (Å²) >= 11 is 0. The molecule has 104 valence electrons. The van der Waals surface area contributed by atoms with Crippen molar-refractivity contribution in [2.24, 2.45) is 5.92 Å². The maximum Gasteiger partial charge on any atom is 0.259 e. The zero-order valence-corrected chi connectivity index (χ0v) is 10.8. The number of nitrogens with one attached hydrogen (secondary N) is 2. The molecule has 0 radical (unpaired) electrons. The number of nitrogens with zero attached hydrogens (tertiary/aromatic N) is 2. The molecule has 7 heteroatoms. The maximum atomic E-state index is 11.6. The van der Waals surface area contributed by atoms with Gasteiger partial charge in [-0.2, -0.15) is 4.98 Å². The van der Waals surface area contributed by atoms with Crippen LogP contribution in [0.2, 0.25) is 0 Å². The Balaban J connectivity index is 1.63. The lowest BCUT2D eigenvalue weighted by molar-refractivity contribution is -0.121. The molecule has 3 rings (SSSR count). The van der Waals surface area contributed by atoms with Crippen LogP contribution in [0.25, 0.3) is 11.4 Å². The topological polar surface area (TPSA) is 101 Å². The summed E-state index contributed by atoms with van der Waals surface area (Å²) in [4.78, 5) is 29.8. The van der Waals surface area contributed by atoms with Gasteiger partial charge < -0.3 is 14.8 Å². The Kier molecular flexibility index (Phi) is 3.32. The smallest absolute Gasteiger partial charge is 0.259 e. The maximum absolute atomic E-state index is 11.6. The molecule has 1 saturated carbocycles. The van der Waals surface area contributed by atoms with E-state index in [0.29, 0.717) is 17.9 Å². The summed E-state index contributed by atoms with van der Waals surface area (Å²) in [6.45, 7) is 0.184. The lowest BCUT2D eigenvalue weighted by atomic mass is 10.3. The van der Waals surface area contributed by atoms with Crippen molar-refractivity contribution < 1.29 is 9.32 Å². The Morgan fingerprint density at radius 2 is 2.35 bits per heavy atom. The number of hydrogen-bond acceptors (Lipinski definition) is 5. The summed E-state index contributed by atoms with van der Waals surface area (Å²) in [5.74, 6) is 1.03. The van der Waals surface area contributed by atoms with Crippen molar-refractivity contribution in [1.82, 2.24) is 20.4 Å². The van der Waals surface area contributed by atoms with E-state index in [9.17, 15) is 9.59 Å². The van der Waals surface area contributed by atoms with Crippen molar-refractivity contribution in [3.8, 4) is 11.4 Å². The normalized spacial score (nSPS) is 14.2. The van der Waals surface area contributed by atoms with Crippen LogP contribution in [0, 0.1) is 5.92 Å². The Bertz CT molecular complexity index is 672. The highest BCUT2D eigenvalue weighted by atomic mass is 16.5. The number of amides is 1. The van der Waals surface area contributed by atoms with Crippen molar-refractivity contribution in [1.29, 1.82) is 0 Å². The Hall–Kier alpha value is -2.44. The fourth-order valence-corrected chi connectivity index (χ4v) is 1.86. The van der Waals surface area contributed by atoms with Gasteiger partial charge in [-0.15, -0.1) is 0 Å². The molecule has 2 heterocycles. The minimum absolute atomic E-state index is 0.00944. The van der Waals surface area contributed by atoms with Gasteiger partial charge in [0.05, 0.1) is 12.1 Å². The monoisotopic (exact) mass is 274 g/mol. The van der Waals surface area contributed by atoms with E-state index in [1.807, 2.05) is 0 Å². The zero-order chi connectivity index (χ0) is 13.9. The van der Waals surface area contributed by atoms with Crippen LogP contribution in [0.15, 0.2) is 27.6 Å². The van der Waals surface area contributed by atoms with Gasteiger partial charge in [0.1, 0.15) is 0 Å². The summed E-state index contributed by atoms with van der Waals surface area (Å²) in [7, 11) is 0. The highest BCUT2D eigenvalue weighted by molar-refractivity contribution is 5.76. The first kappa shape index (κ1) is 12.6. The molecule has 2 aromatic heterocycles. The number of rotatable bonds is 5. The van der Waals surface area contributed by atoms with Gasteiger partial charge >= 0.3 is 0 Å². The van der Waals surface area contributed by atoms with Crippen molar-refractivity contribution in [3.05, 3.63) is 34.6 Å². The Labute approximate surface area is 114 Å². The molecule has 2 N–H and O–H groups in total. The Morgan fingerprint density at radius 1 is 1.50 bits per heavy atom. The van der Waals surface area contributed by atoms with Gasteiger partial charge in [0.2, 0.25) is 17.6 Å². The van der Waals surface area contributed by atoms with Crippen molar-refractivity contribution >= 4 is 5.91 Å². The predicted molar refractivity (Wildman–Crippen MR) is 69.5 cm³/mol. The number of hydrogen-bond donors (Lipinski definition) is 2. The molecule has 0 aliphatic heterocycles. The van der Waals surface area contributed by atoms with Gasteiger partial charge in [-0.3, -0.25) is 9.59 Å². The third-order valence-corrected chi connectivity index (χ3v) is 3.13. The lowest BCUT2D eigenvalue weighted by Gasteiger charge is -1.99. The number of aromatic nitrogens is 3. The second-order valence-electron chi connectivity index (χ2n) is 4.85. The molecule has 0 bridgehead atoms. The summed E-state index contributed by atoms with van der Waals surface area (Å²) in [6, 6.07) is 3.29. The molecule has 0 saturated heterocycles. The number of carbonyl (C=O) groups excluding carboxylic acids is 1. The van der Waals surface area contributed by atoms with Crippen LogP contribution < -0.4 is 10.9 Å². The third-order valence-electron chi connectivity index (χ3n) is 3.13. The molecule has 1 aliphatic rings. The second-order valence-corrected chi connectivity index (χ2v) is 4.85. The van der Waals surface area contributed by atoms with E-state index in [-0.39, 0.29) is 29.7 Å². The van der Waals surface area contributed by atoms with Gasteiger partial charge in [0.15, 0.2) is 0 Å². The van der Waals surface area contributed by atoms with E-state index in [1.165, 1.54) is 6.20 Å². The Morgan fingerprint density at radius 3 is 3.10 bits per heavy atom. The molecular formula is C13H14N4O3. The molecule has 20 heavy (non-hydrogen) atoms. The zero-order valence-electron chi connectivity index (χ0n) is 10.8. The van der Waals surface area contributed by atoms with Crippen molar-refractivity contribution in [3.63, 3.8) is 0 Å². The number of pyridine rings is 1. The van der Waals surface area contributed by atoms with Crippen LogP contribution in [-0.4, -0.2) is 21.0 Å². The molecule has 2 aromatic rings. The third kappa shape index (κ3) is 2.93. The highest BCUT2D eigenvalue weighted by Crippen LogP contribution is 2.32. The van der Waals surface area contributed by atoms with Gasteiger partial charge in [-0.1, -0.05) is 5.16 Å². The molecule has 0 spiro atoms. The predicted octanol–water partition coefficient (Wildman–Crippen LogP) is 0.841. The molecule has 1 aliphatic carbocycles. The first-order valence-corrected chi connectivity index (χ1v) is 6.50. The van der Waals surface area contributed by atoms with Crippen LogP contribution in [0.5, 0.6) is 0 Å². The van der Waals surface area contributed by atoms with Crippen LogP contribution in [0.4, 0.5) is 0 Å². The summed E-state index contributed by atoms with van der Waals surface area (Å²) in [5.41, 5.74) is 0.0597. The van der Waals surface area contributed by atoms with E-state index in [1.54, 1.807) is 12.1 Å². The largest absolute Gasteiger partial charge is 0.347 e. The summed E-state index contributed by atoms with van der Waals surface area (Å²) in [5, 5.41) is 6.47. The first-order valence-electron chi connectivity index (χ1n) is 6.50. The molecular weight excluding hydrogens is 260 g/mol. The molecule has 0 aromatic carbocycles. The SMILES string of the molecule is O=C(CC1CC1)NCc1nc(-c2ccc[nH]c2=O)no1. The van der Waals surface area contributed by atoms with E-state index >= 15 is 0 Å². The van der Waals surface area contributed by atoms with Crippen LogP contribution in [-0.2, 0) is 11.3 Å². The number of H-pyrrole nitrogens is 1. The molecule has 1 fully saturated rings. The second kappa shape index (κ2) is 5.28. The average molecular weight is 274 g/mol. The van der Waals surface area contributed by atoms with Gasteiger partial charge in [0.25, 0.3) is 5.56 Å². The van der Waals surface area contributed by atoms with E-state index in [2.05, 4.69) is 20.4 Å². The lowest BCUT2D eigenvalue weighted by Crippen LogP contribution is -2.23. The molecule has 0 unspecified atom stereocenters. The summed E-state index contributed by atoms with van der Waals surface area (Å²) < 4.78 is 5.02.